The van der Waals surface area contributed by atoms with E-state index in [2.05, 4.69) is 15.6 Å². The Hall–Kier alpha value is -1.33. The van der Waals surface area contributed by atoms with Crippen molar-refractivity contribution in [1.29, 1.82) is 0 Å². The van der Waals surface area contributed by atoms with Crippen molar-refractivity contribution < 1.29 is 9.53 Å². The molecule has 1 aromatic rings. The zero-order chi connectivity index (χ0) is 11.4. The topological polar surface area (TPSA) is 63.2 Å². The third-order valence-corrected chi connectivity index (χ3v) is 2.41. The number of pyridine rings is 1. The maximum atomic E-state index is 11.5. The van der Waals surface area contributed by atoms with Gasteiger partial charge in [-0.25, -0.2) is 9.78 Å². The Labute approximate surface area is 98.1 Å². The first-order valence-electron chi connectivity index (χ1n) is 5.05. The predicted octanol–water partition coefficient (Wildman–Crippen LogP) is 1.99. The third kappa shape index (κ3) is 3.08. The maximum Gasteiger partial charge on any atom is 0.322 e. The lowest BCUT2D eigenvalue weighted by Crippen LogP contribution is -2.37. The summed E-state index contributed by atoms with van der Waals surface area (Å²) in [5.74, 6) is 0.458. The molecular formula is C10H12ClN3O2. The van der Waals surface area contributed by atoms with Crippen molar-refractivity contribution in [2.45, 2.75) is 19.1 Å². The summed E-state index contributed by atoms with van der Waals surface area (Å²) < 4.78 is 5.27. The number of nitrogens with zero attached hydrogens (tertiary/aromatic N) is 1. The van der Waals surface area contributed by atoms with E-state index >= 15 is 0 Å². The summed E-state index contributed by atoms with van der Waals surface area (Å²) >= 11 is 5.67. The summed E-state index contributed by atoms with van der Waals surface area (Å²) in [4.78, 5) is 15.4. The number of anilines is 1. The second-order valence-electron chi connectivity index (χ2n) is 3.46. The molecule has 86 valence electrons. The van der Waals surface area contributed by atoms with Gasteiger partial charge in [-0.3, -0.25) is 5.32 Å². The van der Waals surface area contributed by atoms with Crippen LogP contribution in [0.3, 0.4) is 0 Å². The van der Waals surface area contributed by atoms with Crippen LogP contribution in [0.4, 0.5) is 10.6 Å². The van der Waals surface area contributed by atoms with Crippen LogP contribution >= 0.6 is 11.6 Å². The van der Waals surface area contributed by atoms with Crippen molar-refractivity contribution in [3.63, 3.8) is 0 Å². The number of halogens is 1. The van der Waals surface area contributed by atoms with Crippen LogP contribution in [-0.4, -0.2) is 23.8 Å². The van der Waals surface area contributed by atoms with Crippen LogP contribution in [-0.2, 0) is 4.74 Å². The molecule has 1 aromatic heterocycles. The van der Waals surface area contributed by atoms with Gasteiger partial charge in [-0.2, -0.15) is 0 Å². The summed E-state index contributed by atoms with van der Waals surface area (Å²) in [5, 5.41) is 5.83. The van der Waals surface area contributed by atoms with Crippen LogP contribution in [0.2, 0.25) is 5.02 Å². The molecule has 0 bridgehead atoms. The van der Waals surface area contributed by atoms with Gasteiger partial charge in [0.15, 0.2) is 0 Å². The van der Waals surface area contributed by atoms with Gasteiger partial charge in [0.05, 0.1) is 5.02 Å². The number of rotatable bonds is 2. The molecule has 1 fully saturated rings. The Morgan fingerprint density at radius 2 is 2.44 bits per heavy atom. The number of carbonyl (C=O) groups excluding carboxylic acids is 1. The second kappa shape index (κ2) is 5.14. The first kappa shape index (κ1) is 11.2. The average Bonchev–Trinajstić information content (AvgIpc) is 2.74. The Balaban J connectivity index is 1.84. The summed E-state index contributed by atoms with van der Waals surface area (Å²) in [6.07, 6.45) is 3.11. The number of urea groups is 1. The standard InChI is InChI=1S/C10H12ClN3O2/c11-7-3-4-8(12-6-7)13-10(15)14-9-2-1-5-16-9/h3-4,6,9H,1-2,5H2,(H2,12,13,14,15). The minimum Gasteiger partial charge on any atom is -0.358 e. The molecule has 2 N–H and O–H groups in total. The van der Waals surface area contributed by atoms with Gasteiger partial charge in [-0.05, 0) is 25.0 Å². The van der Waals surface area contributed by atoms with E-state index in [1.807, 2.05) is 0 Å². The second-order valence-corrected chi connectivity index (χ2v) is 3.90. The minimum absolute atomic E-state index is 0.188. The van der Waals surface area contributed by atoms with Gasteiger partial charge in [0.1, 0.15) is 12.0 Å². The number of amides is 2. The van der Waals surface area contributed by atoms with E-state index in [1.165, 1.54) is 6.20 Å². The van der Waals surface area contributed by atoms with E-state index in [-0.39, 0.29) is 12.3 Å². The normalized spacial score (nSPS) is 19.4. The number of ether oxygens (including phenoxy) is 1. The van der Waals surface area contributed by atoms with Crippen LogP contribution in [0.15, 0.2) is 18.3 Å². The molecule has 5 nitrogen and oxygen atoms in total. The molecule has 0 radical (unpaired) electrons. The Morgan fingerprint density at radius 3 is 3.06 bits per heavy atom. The van der Waals surface area contributed by atoms with Crippen LogP contribution in [0.25, 0.3) is 0 Å². The lowest BCUT2D eigenvalue weighted by atomic mass is 10.3. The lowest BCUT2D eigenvalue weighted by Gasteiger charge is -2.12. The smallest absolute Gasteiger partial charge is 0.322 e. The molecule has 1 unspecified atom stereocenters. The van der Waals surface area contributed by atoms with E-state index in [1.54, 1.807) is 12.1 Å². The minimum atomic E-state index is -0.318. The average molecular weight is 242 g/mol. The van der Waals surface area contributed by atoms with E-state index in [4.69, 9.17) is 16.3 Å². The molecule has 2 heterocycles. The fourth-order valence-electron chi connectivity index (χ4n) is 1.44. The van der Waals surface area contributed by atoms with Crippen molar-refractivity contribution in [3.8, 4) is 0 Å². The molecule has 1 atom stereocenters. The molecule has 1 aliphatic rings. The van der Waals surface area contributed by atoms with Crippen LogP contribution in [0.1, 0.15) is 12.8 Å². The van der Waals surface area contributed by atoms with E-state index in [0.29, 0.717) is 17.4 Å². The largest absolute Gasteiger partial charge is 0.358 e. The summed E-state index contributed by atoms with van der Waals surface area (Å²) in [6.45, 7) is 0.699. The summed E-state index contributed by atoms with van der Waals surface area (Å²) in [5.41, 5.74) is 0. The number of hydrogen-bond donors (Lipinski definition) is 2. The highest BCUT2D eigenvalue weighted by Crippen LogP contribution is 2.11. The number of carbonyl (C=O) groups is 1. The molecule has 0 saturated carbocycles. The van der Waals surface area contributed by atoms with E-state index < -0.39 is 0 Å². The molecule has 2 rings (SSSR count). The lowest BCUT2D eigenvalue weighted by molar-refractivity contribution is 0.0928. The van der Waals surface area contributed by atoms with Crippen molar-refractivity contribution in [2.24, 2.45) is 0 Å². The van der Waals surface area contributed by atoms with E-state index in [9.17, 15) is 4.79 Å². The molecule has 1 aliphatic heterocycles. The van der Waals surface area contributed by atoms with Crippen LogP contribution in [0.5, 0.6) is 0 Å². The molecule has 0 spiro atoms. The molecule has 2 amide bonds. The van der Waals surface area contributed by atoms with Crippen molar-refractivity contribution in [1.82, 2.24) is 10.3 Å². The first-order valence-corrected chi connectivity index (χ1v) is 5.42. The summed E-state index contributed by atoms with van der Waals surface area (Å²) in [6, 6.07) is 2.98. The Bertz CT molecular complexity index is 363. The Kier molecular flexibility index (Phi) is 3.58. The van der Waals surface area contributed by atoms with Gasteiger partial charge in [-0.1, -0.05) is 11.6 Å². The van der Waals surface area contributed by atoms with Gasteiger partial charge in [0.25, 0.3) is 0 Å². The number of hydrogen-bond acceptors (Lipinski definition) is 3. The number of nitrogens with one attached hydrogen (secondary N) is 2. The van der Waals surface area contributed by atoms with Gasteiger partial charge >= 0.3 is 6.03 Å². The fraction of sp³-hybridized carbons (Fsp3) is 0.400. The van der Waals surface area contributed by atoms with Gasteiger partial charge in [-0.15, -0.1) is 0 Å². The zero-order valence-electron chi connectivity index (χ0n) is 8.57. The van der Waals surface area contributed by atoms with Crippen molar-refractivity contribution >= 4 is 23.4 Å². The highest BCUT2D eigenvalue weighted by molar-refractivity contribution is 6.30. The molecule has 0 aromatic carbocycles. The maximum absolute atomic E-state index is 11.5. The van der Waals surface area contributed by atoms with Crippen LogP contribution in [0, 0.1) is 0 Å². The van der Waals surface area contributed by atoms with Crippen LogP contribution < -0.4 is 10.6 Å². The van der Waals surface area contributed by atoms with Crippen molar-refractivity contribution in [2.75, 3.05) is 11.9 Å². The molecule has 16 heavy (non-hydrogen) atoms. The fourth-order valence-corrected chi connectivity index (χ4v) is 1.55. The highest BCUT2D eigenvalue weighted by atomic mass is 35.5. The summed E-state index contributed by atoms with van der Waals surface area (Å²) in [7, 11) is 0. The molecular weight excluding hydrogens is 230 g/mol. The third-order valence-electron chi connectivity index (χ3n) is 2.19. The Morgan fingerprint density at radius 1 is 1.56 bits per heavy atom. The van der Waals surface area contributed by atoms with Gasteiger partial charge in [0.2, 0.25) is 0 Å². The monoisotopic (exact) mass is 241 g/mol. The zero-order valence-corrected chi connectivity index (χ0v) is 9.33. The predicted molar refractivity (Wildman–Crippen MR) is 60.4 cm³/mol. The van der Waals surface area contributed by atoms with E-state index in [0.717, 1.165) is 12.8 Å². The SMILES string of the molecule is O=C(Nc1ccc(Cl)cn1)NC1CCCO1. The first-order chi connectivity index (χ1) is 7.74. The highest BCUT2D eigenvalue weighted by Gasteiger charge is 2.17. The molecule has 6 heteroatoms. The quantitative estimate of drug-likeness (QED) is 0.832. The van der Waals surface area contributed by atoms with Crippen molar-refractivity contribution in [3.05, 3.63) is 23.4 Å². The number of aromatic nitrogens is 1. The van der Waals surface area contributed by atoms with Gasteiger partial charge < -0.3 is 10.1 Å². The van der Waals surface area contributed by atoms with Gasteiger partial charge in [0, 0.05) is 12.8 Å². The molecule has 1 saturated heterocycles. The molecule has 0 aliphatic carbocycles.